The highest BCUT2D eigenvalue weighted by Gasteiger charge is 2.20. The Morgan fingerprint density at radius 2 is 1.72 bits per heavy atom. The van der Waals surface area contributed by atoms with Crippen molar-refractivity contribution in [2.75, 3.05) is 19.6 Å². The van der Waals surface area contributed by atoms with Crippen molar-refractivity contribution in [1.29, 1.82) is 0 Å². The smallest absolute Gasteiger partial charge is 0.0223 e. The summed E-state index contributed by atoms with van der Waals surface area (Å²) in [6.45, 7) is 15.1. The molecule has 2 heteroatoms. The zero-order valence-corrected chi connectivity index (χ0v) is 13.5. The van der Waals surface area contributed by atoms with Gasteiger partial charge in [0.1, 0.15) is 0 Å². The lowest BCUT2D eigenvalue weighted by Crippen LogP contribution is -2.47. The van der Waals surface area contributed by atoms with Crippen LogP contribution in [-0.2, 0) is 0 Å². The van der Waals surface area contributed by atoms with Crippen molar-refractivity contribution < 1.29 is 0 Å². The van der Waals surface area contributed by atoms with E-state index in [2.05, 4.69) is 44.8 Å². The molecular formula is C16H36N2. The number of unbranched alkanes of at least 4 members (excludes halogenated alkanes) is 1. The van der Waals surface area contributed by atoms with Crippen molar-refractivity contribution >= 4 is 0 Å². The van der Waals surface area contributed by atoms with E-state index in [4.69, 9.17) is 0 Å². The van der Waals surface area contributed by atoms with Crippen LogP contribution in [0.1, 0.15) is 73.1 Å². The van der Waals surface area contributed by atoms with Gasteiger partial charge in [-0.3, -0.25) is 4.90 Å². The Bertz CT molecular complexity index is 170. The van der Waals surface area contributed by atoms with Gasteiger partial charge in [-0.2, -0.15) is 0 Å². The molecule has 0 aliphatic heterocycles. The minimum atomic E-state index is 0.719. The number of hydrogen-bond donors (Lipinski definition) is 1. The lowest BCUT2D eigenvalue weighted by Gasteiger charge is -2.36. The van der Waals surface area contributed by atoms with E-state index in [9.17, 15) is 0 Å². The highest BCUT2D eigenvalue weighted by atomic mass is 15.2. The normalized spacial score (nSPS) is 15.0. The van der Waals surface area contributed by atoms with Crippen LogP contribution >= 0.6 is 0 Å². The Balaban J connectivity index is 4.40. The third kappa shape index (κ3) is 7.38. The monoisotopic (exact) mass is 256 g/mol. The summed E-state index contributed by atoms with van der Waals surface area (Å²) in [6, 6.07) is 1.44. The second kappa shape index (κ2) is 12.0. The molecule has 0 aliphatic rings. The summed E-state index contributed by atoms with van der Waals surface area (Å²) in [4.78, 5) is 2.75. The number of hydrogen-bond acceptors (Lipinski definition) is 2. The molecule has 0 aromatic rings. The largest absolute Gasteiger partial charge is 0.315 e. The molecule has 0 radical (unpaired) electrons. The molecule has 0 rings (SSSR count). The average molecular weight is 256 g/mol. The second-order valence-corrected chi connectivity index (χ2v) is 5.50. The molecular weight excluding hydrogens is 220 g/mol. The SMILES string of the molecule is CCCCN(C(C)CC)C(CCC)CNCCC. The van der Waals surface area contributed by atoms with Crippen LogP contribution in [-0.4, -0.2) is 36.6 Å². The van der Waals surface area contributed by atoms with Crippen LogP contribution < -0.4 is 5.32 Å². The maximum atomic E-state index is 3.61. The van der Waals surface area contributed by atoms with Gasteiger partial charge in [0.05, 0.1) is 0 Å². The molecule has 0 bridgehead atoms. The van der Waals surface area contributed by atoms with E-state index >= 15 is 0 Å². The van der Waals surface area contributed by atoms with Crippen molar-refractivity contribution in [3.63, 3.8) is 0 Å². The van der Waals surface area contributed by atoms with Gasteiger partial charge < -0.3 is 5.32 Å². The summed E-state index contributed by atoms with van der Waals surface area (Å²) >= 11 is 0. The van der Waals surface area contributed by atoms with Crippen LogP contribution in [0.5, 0.6) is 0 Å². The predicted molar refractivity (Wildman–Crippen MR) is 83.2 cm³/mol. The van der Waals surface area contributed by atoms with Crippen molar-refractivity contribution in [3.05, 3.63) is 0 Å². The molecule has 0 aliphatic carbocycles. The summed E-state index contributed by atoms with van der Waals surface area (Å²) in [5.74, 6) is 0. The summed E-state index contributed by atoms with van der Waals surface area (Å²) in [5, 5.41) is 3.61. The van der Waals surface area contributed by atoms with E-state index in [-0.39, 0.29) is 0 Å². The first-order valence-electron chi connectivity index (χ1n) is 8.17. The van der Waals surface area contributed by atoms with E-state index < -0.39 is 0 Å². The molecule has 110 valence electrons. The summed E-state index contributed by atoms with van der Waals surface area (Å²) in [6.07, 6.45) is 7.74. The fraction of sp³-hybridized carbons (Fsp3) is 1.00. The fourth-order valence-corrected chi connectivity index (χ4v) is 2.50. The van der Waals surface area contributed by atoms with Crippen LogP contribution in [0, 0.1) is 0 Å². The number of nitrogens with one attached hydrogen (secondary N) is 1. The first-order chi connectivity index (χ1) is 8.71. The standard InChI is InChI=1S/C16H36N2/c1-6-10-13-18(15(5)9-4)16(11-7-2)14-17-12-8-3/h15-17H,6-14H2,1-5H3. The van der Waals surface area contributed by atoms with Gasteiger partial charge in [0, 0.05) is 18.6 Å². The number of nitrogens with zero attached hydrogens (tertiary/aromatic N) is 1. The molecule has 0 amide bonds. The Hall–Kier alpha value is -0.0800. The molecule has 1 N–H and O–H groups in total. The molecule has 0 fully saturated rings. The molecule has 0 heterocycles. The van der Waals surface area contributed by atoms with Crippen LogP contribution in [0.3, 0.4) is 0 Å². The highest BCUT2D eigenvalue weighted by Crippen LogP contribution is 2.14. The van der Waals surface area contributed by atoms with Gasteiger partial charge in [-0.05, 0) is 45.7 Å². The van der Waals surface area contributed by atoms with Crippen molar-refractivity contribution in [2.45, 2.75) is 85.2 Å². The molecule has 0 saturated carbocycles. The van der Waals surface area contributed by atoms with E-state index in [0.29, 0.717) is 0 Å². The molecule has 0 aromatic heterocycles. The van der Waals surface area contributed by atoms with Crippen molar-refractivity contribution in [3.8, 4) is 0 Å². The third-order valence-corrected chi connectivity index (χ3v) is 3.82. The Labute approximate surface area is 116 Å². The molecule has 18 heavy (non-hydrogen) atoms. The highest BCUT2D eigenvalue weighted by molar-refractivity contribution is 4.78. The van der Waals surface area contributed by atoms with Gasteiger partial charge in [-0.25, -0.2) is 0 Å². The molecule has 2 atom stereocenters. The number of rotatable bonds is 12. The Kier molecular flexibility index (Phi) is 11.9. The quantitative estimate of drug-likeness (QED) is 0.530. The minimum Gasteiger partial charge on any atom is -0.315 e. The Morgan fingerprint density at radius 3 is 2.22 bits per heavy atom. The van der Waals surface area contributed by atoms with Gasteiger partial charge >= 0.3 is 0 Å². The maximum Gasteiger partial charge on any atom is 0.0223 e. The Morgan fingerprint density at radius 1 is 1.00 bits per heavy atom. The summed E-state index contributed by atoms with van der Waals surface area (Å²) in [7, 11) is 0. The predicted octanol–water partition coefficient (Wildman–Crippen LogP) is 4.06. The topological polar surface area (TPSA) is 15.3 Å². The summed E-state index contributed by atoms with van der Waals surface area (Å²) in [5.41, 5.74) is 0. The molecule has 0 aromatic carbocycles. The van der Waals surface area contributed by atoms with Gasteiger partial charge in [0.15, 0.2) is 0 Å². The zero-order valence-electron chi connectivity index (χ0n) is 13.5. The van der Waals surface area contributed by atoms with Crippen molar-refractivity contribution in [1.82, 2.24) is 10.2 Å². The molecule has 2 unspecified atom stereocenters. The van der Waals surface area contributed by atoms with E-state index in [1.807, 2.05) is 0 Å². The lowest BCUT2D eigenvalue weighted by atomic mass is 10.1. The second-order valence-electron chi connectivity index (χ2n) is 5.50. The zero-order chi connectivity index (χ0) is 13.8. The maximum absolute atomic E-state index is 3.61. The molecule has 0 saturated heterocycles. The van der Waals surface area contributed by atoms with E-state index in [0.717, 1.165) is 25.2 Å². The van der Waals surface area contributed by atoms with E-state index in [1.165, 1.54) is 45.1 Å². The van der Waals surface area contributed by atoms with Crippen LogP contribution in [0.15, 0.2) is 0 Å². The van der Waals surface area contributed by atoms with Crippen LogP contribution in [0.25, 0.3) is 0 Å². The first kappa shape index (κ1) is 17.9. The van der Waals surface area contributed by atoms with Crippen LogP contribution in [0.4, 0.5) is 0 Å². The molecule has 2 nitrogen and oxygen atoms in total. The van der Waals surface area contributed by atoms with Crippen LogP contribution in [0.2, 0.25) is 0 Å². The van der Waals surface area contributed by atoms with Gasteiger partial charge in [0.25, 0.3) is 0 Å². The molecule has 0 spiro atoms. The average Bonchev–Trinajstić information content (AvgIpc) is 2.38. The van der Waals surface area contributed by atoms with Crippen molar-refractivity contribution in [2.24, 2.45) is 0 Å². The lowest BCUT2D eigenvalue weighted by molar-refractivity contribution is 0.127. The van der Waals surface area contributed by atoms with Gasteiger partial charge in [0.2, 0.25) is 0 Å². The third-order valence-electron chi connectivity index (χ3n) is 3.82. The van der Waals surface area contributed by atoms with Gasteiger partial charge in [-0.1, -0.05) is 40.5 Å². The summed E-state index contributed by atoms with van der Waals surface area (Å²) < 4.78 is 0. The van der Waals surface area contributed by atoms with Gasteiger partial charge in [-0.15, -0.1) is 0 Å². The fourth-order valence-electron chi connectivity index (χ4n) is 2.50. The van der Waals surface area contributed by atoms with E-state index in [1.54, 1.807) is 0 Å². The minimum absolute atomic E-state index is 0.719. The first-order valence-corrected chi connectivity index (χ1v) is 8.17.